The van der Waals surface area contributed by atoms with Gasteiger partial charge in [0.2, 0.25) is 0 Å². The summed E-state index contributed by atoms with van der Waals surface area (Å²) in [7, 11) is 0. The minimum Gasteiger partial charge on any atom is -0.348 e. The van der Waals surface area contributed by atoms with Gasteiger partial charge in [-0.15, -0.1) is 11.3 Å². The molecular weight excluding hydrogens is 384 g/mol. The van der Waals surface area contributed by atoms with Crippen molar-refractivity contribution >= 4 is 33.1 Å². The quantitative estimate of drug-likeness (QED) is 0.477. The third-order valence-corrected chi connectivity index (χ3v) is 5.01. The van der Waals surface area contributed by atoms with Gasteiger partial charge in [0.15, 0.2) is 6.23 Å². The Hall–Kier alpha value is -1.69. The first-order valence-corrected chi connectivity index (χ1v) is 9.52. The third kappa shape index (κ3) is 4.23. The summed E-state index contributed by atoms with van der Waals surface area (Å²) < 4.78 is 7.35. The molecule has 3 rings (SSSR count). The smallest absolute Gasteiger partial charge is 0.158 e. The van der Waals surface area contributed by atoms with E-state index in [1.807, 2.05) is 42.6 Å². The third-order valence-electron chi connectivity index (χ3n) is 3.66. The predicted octanol–water partition coefficient (Wildman–Crippen LogP) is 5.65. The molecule has 0 spiro atoms. The highest BCUT2D eigenvalue weighted by Gasteiger charge is 2.21. The van der Waals surface area contributed by atoms with Crippen LogP contribution in [0, 0.1) is 0 Å². The lowest BCUT2D eigenvalue weighted by Crippen LogP contribution is -2.31. The minimum absolute atomic E-state index is 0.190. The van der Waals surface area contributed by atoms with Crippen molar-refractivity contribution in [3.8, 4) is 0 Å². The van der Waals surface area contributed by atoms with E-state index in [1.165, 1.54) is 4.88 Å². The molecule has 24 heavy (non-hydrogen) atoms. The van der Waals surface area contributed by atoms with Crippen molar-refractivity contribution in [1.29, 1.82) is 0 Å². The number of hydrogen-bond acceptors (Lipinski definition) is 4. The zero-order chi connectivity index (χ0) is 16.8. The number of halogens is 1. The molecule has 0 saturated heterocycles. The van der Waals surface area contributed by atoms with Gasteiger partial charge in [-0.3, -0.25) is 0 Å². The number of anilines is 1. The molecule has 0 aliphatic carbocycles. The summed E-state index contributed by atoms with van der Waals surface area (Å²) in [4.78, 5) is 7.89. The topological polar surface area (TPSA) is 25.4 Å². The van der Waals surface area contributed by atoms with Crippen molar-refractivity contribution in [1.82, 2.24) is 4.98 Å². The van der Waals surface area contributed by atoms with Gasteiger partial charge in [0, 0.05) is 27.7 Å². The second-order valence-electron chi connectivity index (χ2n) is 5.27. The second-order valence-corrected chi connectivity index (χ2v) is 7.22. The second kappa shape index (κ2) is 8.42. The van der Waals surface area contributed by atoms with Crippen LogP contribution in [0.3, 0.4) is 0 Å². The number of thiophene rings is 1. The summed E-state index contributed by atoms with van der Waals surface area (Å²) in [5.41, 5.74) is 1.11. The highest BCUT2D eigenvalue weighted by Crippen LogP contribution is 2.29. The number of benzene rings is 1. The number of nitrogens with zero attached hydrogens (tertiary/aromatic N) is 2. The average molecular weight is 403 g/mol. The van der Waals surface area contributed by atoms with Gasteiger partial charge in [0.05, 0.1) is 6.61 Å². The van der Waals surface area contributed by atoms with Crippen molar-refractivity contribution in [3.05, 3.63) is 81.1 Å². The predicted molar refractivity (Wildman–Crippen MR) is 103 cm³/mol. The molecule has 0 bridgehead atoms. The van der Waals surface area contributed by atoms with E-state index in [1.54, 1.807) is 11.3 Å². The summed E-state index contributed by atoms with van der Waals surface area (Å²) in [5.74, 6) is 0.913. The van der Waals surface area contributed by atoms with E-state index in [9.17, 15) is 0 Å². The van der Waals surface area contributed by atoms with Crippen LogP contribution in [0.15, 0.2) is 70.6 Å². The molecule has 1 aromatic carbocycles. The Kier molecular flexibility index (Phi) is 6.01. The average Bonchev–Trinajstić information content (AvgIpc) is 3.13. The molecule has 0 N–H and O–H groups in total. The van der Waals surface area contributed by atoms with Crippen molar-refractivity contribution in [2.24, 2.45) is 0 Å². The highest BCUT2D eigenvalue weighted by atomic mass is 79.9. The molecule has 1 unspecified atom stereocenters. The first-order valence-electron chi connectivity index (χ1n) is 7.85. The number of pyridine rings is 1. The standard InChI is InChI=1S/C19H19BrN2OS/c1-2-22(18-10-3-4-11-21-18)19(15-7-5-8-16(20)13-15)23-14-17-9-6-12-24-17/h3-13,19H,2,14H2,1H3. The van der Waals surface area contributed by atoms with Crippen LogP contribution >= 0.6 is 27.3 Å². The molecule has 3 nitrogen and oxygen atoms in total. The molecule has 0 fully saturated rings. The molecule has 2 aromatic heterocycles. The minimum atomic E-state index is -0.190. The van der Waals surface area contributed by atoms with Gasteiger partial charge < -0.3 is 9.64 Å². The fourth-order valence-electron chi connectivity index (χ4n) is 2.55. The van der Waals surface area contributed by atoms with Crippen LogP contribution in [-0.2, 0) is 11.3 Å². The maximum absolute atomic E-state index is 6.31. The SMILES string of the molecule is CCN(c1ccccn1)C(OCc1cccs1)c1cccc(Br)c1. The van der Waals surface area contributed by atoms with E-state index in [4.69, 9.17) is 4.74 Å². The van der Waals surface area contributed by atoms with E-state index in [-0.39, 0.29) is 6.23 Å². The summed E-state index contributed by atoms with van der Waals surface area (Å²) >= 11 is 5.27. The highest BCUT2D eigenvalue weighted by molar-refractivity contribution is 9.10. The molecule has 2 heterocycles. The summed E-state index contributed by atoms with van der Waals surface area (Å²) in [5, 5.41) is 2.07. The van der Waals surface area contributed by atoms with Crippen molar-refractivity contribution in [3.63, 3.8) is 0 Å². The molecular formula is C19H19BrN2OS. The molecule has 5 heteroatoms. The van der Waals surface area contributed by atoms with Crippen molar-refractivity contribution in [2.45, 2.75) is 19.8 Å². The first kappa shape index (κ1) is 17.1. The maximum Gasteiger partial charge on any atom is 0.158 e. The summed E-state index contributed by atoms with van der Waals surface area (Å²) in [6.07, 6.45) is 1.62. The van der Waals surface area contributed by atoms with Gasteiger partial charge in [0.1, 0.15) is 5.82 Å². The zero-order valence-corrected chi connectivity index (χ0v) is 15.8. The Bertz CT molecular complexity index is 749. The van der Waals surface area contributed by atoms with Gasteiger partial charge in [-0.25, -0.2) is 4.98 Å². The van der Waals surface area contributed by atoms with Crippen LogP contribution in [0.4, 0.5) is 5.82 Å². The van der Waals surface area contributed by atoms with E-state index in [2.05, 4.69) is 56.3 Å². The lowest BCUT2D eigenvalue weighted by atomic mass is 10.1. The number of hydrogen-bond donors (Lipinski definition) is 0. The van der Waals surface area contributed by atoms with E-state index < -0.39 is 0 Å². The summed E-state index contributed by atoms with van der Waals surface area (Å²) in [6, 6.07) is 18.3. The Labute approximate surface area is 155 Å². The molecule has 0 amide bonds. The molecule has 0 aliphatic heterocycles. The Balaban J connectivity index is 1.90. The lowest BCUT2D eigenvalue weighted by Gasteiger charge is -2.32. The fourth-order valence-corrected chi connectivity index (χ4v) is 3.60. The lowest BCUT2D eigenvalue weighted by molar-refractivity contribution is 0.0387. The zero-order valence-electron chi connectivity index (χ0n) is 13.4. The fraction of sp³-hybridized carbons (Fsp3) is 0.211. The molecule has 3 aromatic rings. The van der Waals surface area contributed by atoms with Crippen LogP contribution in [0.5, 0.6) is 0 Å². The van der Waals surface area contributed by atoms with Crippen LogP contribution < -0.4 is 4.90 Å². The Morgan fingerprint density at radius 3 is 2.75 bits per heavy atom. The molecule has 124 valence electrons. The van der Waals surface area contributed by atoms with Gasteiger partial charge in [0.25, 0.3) is 0 Å². The first-order chi connectivity index (χ1) is 11.8. The molecule has 0 radical (unpaired) electrons. The molecule has 0 saturated carbocycles. The van der Waals surface area contributed by atoms with E-state index in [0.717, 1.165) is 22.4 Å². The number of ether oxygens (including phenoxy) is 1. The van der Waals surface area contributed by atoms with Crippen LogP contribution in [0.2, 0.25) is 0 Å². The van der Waals surface area contributed by atoms with Gasteiger partial charge in [-0.2, -0.15) is 0 Å². The van der Waals surface area contributed by atoms with Gasteiger partial charge in [-0.1, -0.05) is 40.2 Å². The van der Waals surface area contributed by atoms with Crippen molar-refractivity contribution in [2.75, 3.05) is 11.4 Å². The van der Waals surface area contributed by atoms with Gasteiger partial charge >= 0.3 is 0 Å². The molecule has 1 atom stereocenters. The van der Waals surface area contributed by atoms with Crippen LogP contribution in [0.1, 0.15) is 23.6 Å². The van der Waals surface area contributed by atoms with Crippen LogP contribution in [-0.4, -0.2) is 11.5 Å². The normalized spacial score (nSPS) is 12.1. The Morgan fingerprint density at radius 1 is 1.17 bits per heavy atom. The largest absolute Gasteiger partial charge is 0.348 e. The molecule has 0 aliphatic rings. The monoisotopic (exact) mass is 402 g/mol. The summed E-state index contributed by atoms with van der Waals surface area (Å²) in [6.45, 7) is 3.50. The van der Waals surface area contributed by atoms with Crippen LogP contribution in [0.25, 0.3) is 0 Å². The maximum atomic E-state index is 6.31. The van der Waals surface area contributed by atoms with E-state index in [0.29, 0.717) is 6.61 Å². The van der Waals surface area contributed by atoms with E-state index >= 15 is 0 Å². The number of rotatable bonds is 7. The Morgan fingerprint density at radius 2 is 2.08 bits per heavy atom. The van der Waals surface area contributed by atoms with Gasteiger partial charge in [-0.05, 0) is 42.6 Å². The van der Waals surface area contributed by atoms with Crippen molar-refractivity contribution < 1.29 is 4.74 Å². The number of aromatic nitrogens is 1.